The molecule has 0 bridgehead atoms. The van der Waals surface area contributed by atoms with E-state index in [9.17, 15) is 21.6 Å². The van der Waals surface area contributed by atoms with Gasteiger partial charge in [-0.2, -0.15) is 0 Å². The third kappa shape index (κ3) is 4.67. The second-order valence-corrected chi connectivity index (χ2v) is 6.30. The van der Waals surface area contributed by atoms with Crippen LogP contribution in [0.15, 0.2) is 53.7 Å². The van der Waals surface area contributed by atoms with Gasteiger partial charge in [0.2, 0.25) is 10.0 Å². The number of alkyl halides is 3. The average molecular weight is 346 g/mol. The van der Waals surface area contributed by atoms with Crippen LogP contribution in [-0.4, -0.2) is 19.8 Å². The molecule has 0 saturated carbocycles. The first-order chi connectivity index (χ1) is 10.7. The zero-order valence-electron chi connectivity index (χ0n) is 11.9. The van der Waals surface area contributed by atoms with Crippen LogP contribution in [0, 0.1) is 0 Å². The van der Waals surface area contributed by atoms with Crippen molar-refractivity contribution in [3.63, 3.8) is 0 Å². The number of sulfonamides is 1. The number of nitrogens with one attached hydrogen (secondary N) is 1. The highest BCUT2D eigenvalue weighted by molar-refractivity contribution is 7.89. The topological polar surface area (TPSA) is 68.3 Å². The van der Waals surface area contributed by atoms with Crippen molar-refractivity contribution < 1.29 is 26.3 Å². The highest BCUT2D eigenvalue weighted by Gasteiger charge is 2.34. The molecule has 0 saturated heterocycles. The fraction of sp³-hybridized carbons (Fsp3) is 0.214. The lowest BCUT2D eigenvalue weighted by molar-refractivity contribution is -0.275. The van der Waals surface area contributed by atoms with Crippen LogP contribution >= 0.6 is 0 Å². The molecular weight excluding hydrogens is 333 g/mol. The van der Waals surface area contributed by atoms with Crippen LogP contribution in [0.25, 0.3) is 0 Å². The maximum Gasteiger partial charge on any atom is 0.573 e. The van der Waals surface area contributed by atoms with Crippen molar-refractivity contribution in [1.82, 2.24) is 9.71 Å². The van der Waals surface area contributed by atoms with E-state index in [0.29, 0.717) is 5.56 Å². The van der Waals surface area contributed by atoms with Crippen molar-refractivity contribution in [2.24, 2.45) is 0 Å². The summed E-state index contributed by atoms with van der Waals surface area (Å²) in [6.07, 6.45) is -2.01. The lowest BCUT2D eigenvalue weighted by Gasteiger charge is -2.17. The molecule has 0 amide bonds. The molecule has 2 rings (SSSR count). The third-order valence-electron chi connectivity index (χ3n) is 2.90. The smallest absolute Gasteiger partial charge is 0.404 e. The summed E-state index contributed by atoms with van der Waals surface area (Å²) in [5.41, 5.74) is 0.623. The maximum atomic E-state index is 12.4. The number of halogens is 3. The van der Waals surface area contributed by atoms with E-state index in [0.717, 1.165) is 12.1 Å². The first kappa shape index (κ1) is 17.2. The molecule has 2 aromatic rings. The molecule has 1 N–H and O–H groups in total. The number of pyridine rings is 1. The molecule has 5 nitrogen and oxygen atoms in total. The molecule has 1 aromatic heterocycles. The van der Waals surface area contributed by atoms with Crippen LogP contribution in [-0.2, 0) is 10.0 Å². The first-order valence-electron chi connectivity index (χ1n) is 6.46. The van der Waals surface area contributed by atoms with Crippen LogP contribution in [0.4, 0.5) is 13.2 Å². The molecule has 1 heterocycles. The molecule has 0 aliphatic rings. The lowest BCUT2D eigenvalue weighted by Crippen LogP contribution is -2.28. The number of hydrogen-bond donors (Lipinski definition) is 1. The van der Waals surface area contributed by atoms with E-state index in [4.69, 9.17) is 0 Å². The molecule has 0 spiro atoms. The van der Waals surface area contributed by atoms with Gasteiger partial charge in [0.1, 0.15) is 10.6 Å². The van der Waals surface area contributed by atoms with Gasteiger partial charge in [0.15, 0.2) is 0 Å². The lowest BCUT2D eigenvalue weighted by atomic mass is 10.1. The highest BCUT2D eigenvalue weighted by Crippen LogP contribution is 2.30. The Morgan fingerprint density at radius 3 is 2.35 bits per heavy atom. The average Bonchev–Trinajstić information content (AvgIpc) is 2.46. The van der Waals surface area contributed by atoms with Gasteiger partial charge in [-0.05, 0) is 36.8 Å². The van der Waals surface area contributed by atoms with Crippen molar-refractivity contribution in [2.75, 3.05) is 0 Å². The Morgan fingerprint density at radius 1 is 1.13 bits per heavy atom. The summed E-state index contributed by atoms with van der Waals surface area (Å²) in [7, 11) is -4.21. The monoisotopic (exact) mass is 346 g/mol. The minimum atomic E-state index is -4.98. The largest absolute Gasteiger partial charge is 0.573 e. The fourth-order valence-electron chi connectivity index (χ4n) is 1.90. The van der Waals surface area contributed by atoms with Gasteiger partial charge in [-0.15, -0.1) is 13.2 Å². The molecule has 0 radical (unpaired) electrons. The Kier molecular flexibility index (Phi) is 4.90. The van der Waals surface area contributed by atoms with Crippen molar-refractivity contribution in [2.45, 2.75) is 24.2 Å². The van der Waals surface area contributed by atoms with Crippen LogP contribution in [0.1, 0.15) is 18.5 Å². The Balaban J connectivity index is 2.30. The Morgan fingerprint density at radius 2 is 1.74 bits per heavy atom. The zero-order chi connectivity index (χ0) is 17.1. The molecule has 0 aliphatic heterocycles. The second-order valence-electron chi connectivity index (χ2n) is 4.62. The standard InChI is InChI=1S/C14H13F3N2O3S/c1-10(11-6-8-18-9-7-11)19-23(20,21)13-5-3-2-4-12(13)22-14(15,16)17/h2-10,19H,1H3/t10-/m1/s1. The number of rotatable bonds is 5. The Bertz CT molecular complexity index is 764. The summed E-state index contributed by atoms with van der Waals surface area (Å²) in [6.45, 7) is 1.57. The molecule has 23 heavy (non-hydrogen) atoms. The van der Waals surface area contributed by atoms with Crippen molar-refractivity contribution in [3.8, 4) is 5.75 Å². The van der Waals surface area contributed by atoms with E-state index in [1.165, 1.54) is 24.5 Å². The molecule has 0 unspecified atom stereocenters. The molecule has 124 valence electrons. The molecule has 1 atom stereocenters. The van der Waals surface area contributed by atoms with E-state index in [1.807, 2.05) is 0 Å². The number of aromatic nitrogens is 1. The van der Waals surface area contributed by atoms with Crippen LogP contribution < -0.4 is 9.46 Å². The predicted molar refractivity (Wildman–Crippen MR) is 76.1 cm³/mol. The molecular formula is C14H13F3N2O3S. The van der Waals surface area contributed by atoms with Crippen LogP contribution in [0.5, 0.6) is 5.75 Å². The van der Waals surface area contributed by atoms with Gasteiger partial charge in [0.25, 0.3) is 0 Å². The minimum absolute atomic E-state index is 0.585. The summed E-state index contributed by atoms with van der Waals surface area (Å²) < 4.78 is 68.0. The van der Waals surface area contributed by atoms with Crippen molar-refractivity contribution in [3.05, 3.63) is 54.4 Å². The summed E-state index contributed by atoms with van der Waals surface area (Å²) in [5, 5.41) is 0. The van der Waals surface area contributed by atoms with Crippen LogP contribution in [0.3, 0.4) is 0 Å². The van der Waals surface area contributed by atoms with Gasteiger partial charge >= 0.3 is 6.36 Å². The summed E-state index contributed by atoms with van der Waals surface area (Å²) >= 11 is 0. The number of nitrogens with zero attached hydrogens (tertiary/aromatic N) is 1. The Hall–Kier alpha value is -2.13. The van der Waals surface area contributed by atoms with E-state index in [-0.39, 0.29) is 0 Å². The summed E-state index contributed by atoms with van der Waals surface area (Å²) in [4.78, 5) is 3.23. The van der Waals surface area contributed by atoms with Crippen molar-refractivity contribution in [1.29, 1.82) is 0 Å². The van der Waals surface area contributed by atoms with E-state index < -0.39 is 33.1 Å². The predicted octanol–water partition coefficient (Wildman–Crippen LogP) is 3.02. The number of para-hydroxylation sites is 1. The number of hydrogen-bond acceptors (Lipinski definition) is 4. The van der Waals surface area contributed by atoms with Gasteiger partial charge in [0, 0.05) is 18.4 Å². The summed E-state index contributed by atoms with van der Waals surface area (Å²) in [6, 6.07) is 7.11. The molecule has 0 aliphatic carbocycles. The van der Waals surface area contributed by atoms with E-state index in [2.05, 4.69) is 14.4 Å². The van der Waals surface area contributed by atoms with Gasteiger partial charge in [-0.3, -0.25) is 4.98 Å². The second kappa shape index (κ2) is 6.55. The highest BCUT2D eigenvalue weighted by atomic mass is 32.2. The normalized spacial score (nSPS) is 13.6. The molecule has 1 aromatic carbocycles. The summed E-state index contributed by atoms with van der Waals surface area (Å²) in [5.74, 6) is -0.783. The van der Waals surface area contributed by atoms with Gasteiger partial charge in [-0.1, -0.05) is 12.1 Å². The fourth-order valence-corrected chi connectivity index (χ4v) is 3.26. The quantitative estimate of drug-likeness (QED) is 0.904. The number of ether oxygens (including phenoxy) is 1. The molecule has 9 heteroatoms. The minimum Gasteiger partial charge on any atom is -0.404 e. The number of benzene rings is 1. The van der Waals surface area contributed by atoms with Gasteiger partial charge in [-0.25, -0.2) is 13.1 Å². The van der Waals surface area contributed by atoms with Crippen molar-refractivity contribution >= 4 is 10.0 Å². The SMILES string of the molecule is C[C@@H](NS(=O)(=O)c1ccccc1OC(F)(F)F)c1ccncc1. The van der Waals surface area contributed by atoms with Gasteiger partial charge in [0.05, 0.1) is 0 Å². The maximum absolute atomic E-state index is 12.4. The third-order valence-corrected chi connectivity index (χ3v) is 4.48. The molecule has 0 fully saturated rings. The van der Waals surface area contributed by atoms with Crippen LogP contribution in [0.2, 0.25) is 0 Å². The van der Waals surface area contributed by atoms with Gasteiger partial charge < -0.3 is 4.74 Å². The first-order valence-corrected chi connectivity index (χ1v) is 7.94. The van der Waals surface area contributed by atoms with E-state index >= 15 is 0 Å². The van der Waals surface area contributed by atoms with E-state index in [1.54, 1.807) is 19.1 Å². The Labute approximate surface area is 131 Å². The zero-order valence-corrected chi connectivity index (χ0v) is 12.7.